The molecule has 1 aliphatic rings. The molecule has 0 radical (unpaired) electrons. The highest BCUT2D eigenvalue weighted by molar-refractivity contribution is 5.91. The lowest BCUT2D eigenvalue weighted by Gasteiger charge is -2.28. The van der Waals surface area contributed by atoms with Crippen LogP contribution >= 0.6 is 0 Å². The predicted molar refractivity (Wildman–Crippen MR) is 74.2 cm³/mol. The maximum Gasteiger partial charge on any atom is 0.233 e. The monoisotopic (exact) mass is 257 g/mol. The topological polar surface area (TPSA) is 70.1 Å². The van der Waals surface area contributed by atoms with Crippen LogP contribution < -0.4 is 5.73 Å². The van der Waals surface area contributed by atoms with Crippen LogP contribution in [0.5, 0.6) is 0 Å². The summed E-state index contributed by atoms with van der Waals surface area (Å²) in [7, 11) is 1.78. The fourth-order valence-corrected chi connectivity index (χ4v) is 2.36. The Kier molecular flexibility index (Phi) is 3.48. The maximum absolute atomic E-state index is 12.6. The molecule has 1 atom stereocenters. The highest BCUT2D eigenvalue weighted by Crippen LogP contribution is 2.49. The van der Waals surface area contributed by atoms with Crippen molar-refractivity contribution in [3.63, 3.8) is 0 Å². The van der Waals surface area contributed by atoms with E-state index in [0.29, 0.717) is 12.1 Å². The number of nitriles is 1. The van der Waals surface area contributed by atoms with E-state index in [9.17, 15) is 4.79 Å². The summed E-state index contributed by atoms with van der Waals surface area (Å²) < 4.78 is 0. The summed E-state index contributed by atoms with van der Waals surface area (Å²) in [6.07, 6.45) is 2.11. The molecule has 0 aliphatic heterocycles. The number of nitrogens with two attached hydrogens (primary N) is 1. The normalized spacial score (nSPS) is 17.3. The van der Waals surface area contributed by atoms with Gasteiger partial charge in [0.25, 0.3) is 0 Å². The second kappa shape index (κ2) is 4.93. The van der Waals surface area contributed by atoms with E-state index in [2.05, 4.69) is 6.07 Å². The molecule has 1 saturated carbocycles. The Morgan fingerprint density at radius 3 is 2.53 bits per heavy atom. The number of anilines is 1. The van der Waals surface area contributed by atoms with Crippen molar-refractivity contribution in [2.24, 2.45) is 0 Å². The Morgan fingerprint density at radius 2 is 2.05 bits per heavy atom. The molecule has 0 spiro atoms. The van der Waals surface area contributed by atoms with E-state index in [1.54, 1.807) is 11.9 Å². The van der Waals surface area contributed by atoms with Gasteiger partial charge in [-0.25, -0.2) is 0 Å². The van der Waals surface area contributed by atoms with E-state index in [-0.39, 0.29) is 17.4 Å². The van der Waals surface area contributed by atoms with Crippen LogP contribution in [0.3, 0.4) is 0 Å². The minimum atomic E-state index is -0.383. The SMILES string of the molecule is CC(CC#N)N(C)C(=O)C1(c2ccc(N)cc2)CC1. The molecular weight excluding hydrogens is 238 g/mol. The predicted octanol–water partition coefficient (Wildman–Crippen LogP) is 2.06. The van der Waals surface area contributed by atoms with Crippen molar-refractivity contribution in [3.8, 4) is 6.07 Å². The van der Waals surface area contributed by atoms with Gasteiger partial charge in [-0.15, -0.1) is 0 Å². The largest absolute Gasteiger partial charge is 0.399 e. The molecular formula is C15H19N3O. The first-order chi connectivity index (χ1) is 9.01. The first-order valence-corrected chi connectivity index (χ1v) is 6.51. The van der Waals surface area contributed by atoms with Gasteiger partial charge >= 0.3 is 0 Å². The van der Waals surface area contributed by atoms with Gasteiger partial charge in [0.1, 0.15) is 0 Å². The van der Waals surface area contributed by atoms with Gasteiger partial charge in [-0.2, -0.15) is 5.26 Å². The van der Waals surface area contributed by atoms with Gasteiger partial charge in [0.2, 0.25) is 5.91 Å². The molecule has 100 valence electrons. The molecule has 1 unspecified atom stereocenters. The van der Waals surface area contributed by atoms with Gasteiger partial charge in [-0.1, -0.05) is 12.1 Å². The molecule has 1 aromatic rings. The number of hydrogen-bond acceptors (Lipinski definition) is 3. The third-order valence-electron chi connectivity index (χ3n) is 3.99. The van der Waals surface area contributed by atoms with Gasteiger partial charge in [0.05, 0.1) is 17.9 Å². The molecule has 0 saturated heterocycles. The van der Waals surface area contributed by atoms with E-state index >= 15 is 0 Å². The zero-order valence-corrected chi connectivity index (χ0v) is 11.4. The summed E-state index contributed by atoms with van der Waals surface area (Å²) >= 11 is 0. The number of hydrogen-bond donors (Lipinski definition) is 1. The van der Waals surface area contributed by atoms with Crippen LogP contribution in [0, 0.1) is 11.3 Å². The van der Waals surface area contributed by atoms with E-state index in [1.165, 1.54) is 0 Å². The van der Waals surface area contributed by atoms with Gasteiger partial charge < -0.3 is 10.6 Å². The molecule has 1 aliphatic carbocycles. The Morgan fingerprint density at radius 1 is 1.47 bits per heavy atom. The number of nitrogen functional groups attached to an aromatic ring is 1. The lowest BCUT2D eigenvalue weighted by Crippen LogP contribution is -2.41. The van der Waals surface area contributed by atoms with Gasteiger partial charge in [-0.05, 0) is 37.5 Å². The number of likely N-dealkylation sites (N-methyl/N-ethyl adjacent to an activating group) is 1. The number of rotatable bonds is 4. The zero-order chi connectivity index (χ0) is 14.0. The average Bonchev–Trinajstić information content (AvgIpc) is 3.19. The van der Waals surface area contributed by atoms with Crippen LogP contribution in [0.2, 0.25) is 0 Å². The fourth-order valence-electron chi connectivity index (χ4n) is 2.36. The van der Waals surface area contributed by atoms with E-state index in [0.717, 1.165) is 18.4 Å². The molecule has 0 aromatic heterocycles. The average molecular weight is 257 g/mol. The standard InChI is InChI=1S/C15H19N3O/c1-11(7-10-16)18(2)14(19)15(8-9-15)12-3-5-13(17)6-4-12/h3-6,11H,7-9,17H2,1-2H3. The molecule has 4 nitrogen and oxygen atoms in total. The van der Waals surface area contributed by atoms with Crippen LogP contribution in [-0.2, 0) is 10.2 Å². The minimum Gasteiger partial charge on any atom is -0.399 e. The van der Waals surface area contributed by atoms with Gasteiger partial charge in [0, 0.05) is 18.8 Å². The number of benzene rings is 1. The second-order valence-corrected chi connectivity index (χ2v) is 5.33. The summed E-state index contributed by atoms with van der Waals surface area (Å²) in [5, 5.41) is 8.73. The van der Waals surface area contributed by atoms with Crippen LogP contribution in [0.4, 0.5) is 5.69 Å². The number of carbonyl (C=O) groups is 1. The molecule has 0 heterocycles. The number of carbonyl (C=O) groups excluding carboxylic acids is 1. The quantitative estimate of drug-likeness (QED) is 0.839. The van der Waals surface area contributed by atoms with E-state index in [4.69, 9.17) is 11.0 Å². The Balaban J connectivity index is 2.19. The Hall–Kier alpha value is -2.02. The van der Waals surface area contributed by atoms with Crippen molar-refractivity contribution >= 4 is 11.6 Å². The van der Waals surface area contributed by atoms with Crippen molar-refractivity contribution < 1.29 is 4.79 Å². The molecule has 1 fully saturated rings. The minimum absolute atomic E-state index is 0.0521. The van der Waals surface area contributed by atoms with E-state index in [1.807, 2.05) is 31.2 Å². The van der Waals surface area contributed by atoms with Gasteiger partial charge in [0.15, 0.2) is 0 Å². The summed E-state index contributed by atoms with van der Waals surface area (Å²) in [5.74, 6) is 0.111. The highest BCUT2D eigenvalue weighted by Gasteiger charge is 2.52. The molecule has 0 bridgehead atoms. The summed E-state index contributed by atoms with van der Waals surface area (Å²) in [5.41, 5.74) is 7.04. The highest BCUT2D eigenvalue weighted by atomic mass is 16.2. The van der Waals surface area contributed by atoms with Crippen molar-refractivity contribution in [3.05, 3.63) is 29.8 Å². The molecule has 1 aromatic carbocycles. The van der Waals surface area contributed by atoms with Crippen LogP contribution in [0.25, 0.3) is 0 Å². The van der Waals surface area contributed by atoms with Crippen molar-refractivity contribution in [2.75, 3.05) is 12.8 Å². The van der Waals surface area contributed by atoms with E-state index < -0.39 is 0 Å². The summed E-state index contributed by atoms with van der Waals surface area (Å²) in [6.45, 7) is 1.90. The lowest BCUT2D eigenvalue weighted by atomic mass is 9.93. The van der Waals surface area contributed by atoms with Crippen molar-refractivity contribution in [1.29, 1.82) is 5.26 Å². The lowest BCUT2D eigenvalue weighted by molar-refractivity contribution is -0.134. The molecule has 19 heavy (non-hydrogen) atoms. The second-order valence-electron chi connectivity index (χ2n) is 5.33. The van der Waals surface area contributed by atoms with Crippen LogP contribution in [0.1, 0.15) is 31.7 Å². The summed E-state index contributed by atoms with van der Waals surface area (Å²) in [4.78, 5) is 14.3. The van der Waals surface area contributed by atoms with Crippen molar-refractivity contribution in [2.45, 2.75) is 37.6 Å². The molecule has 4 heteroatoms. The van der Waals surface area contributed by atoms with Crippen LogP contribution in [-0.4, -0.2) is 23.9 Å². The Labute approximate surface area is 113 Å². The first kappa shape index (κ1) is 13.4. The third kappa shape index (κ3) is 2.41. The molecule has 2 N–H and O–H groups in total. The van der Waals surface area contributed by atoms with Gasteiger partial charge in [-0.3, -0.25) is 4.79 Å². The fraction of sp³-hybridized carbons (Fsp3) is 0.467. The first-order valence-electron chi connectivity index (χ1n) is 6.51. The smallest absolute Gasteiger partial charge is 0.233 e. The number of nitrogens with zero attached hydrogens (tertiary/aromatic N) is 2. The summed E-state index contributed by atoms with van der Waals surface area (Å²) in [6, 6.07) is 9.60. The number of amides is 1. The zero-order valence-electron chi connectivity index (χ0n) is 11.4. The molecule has 2 rings (SSSR count). The molecule has 1 amide bonds. The third-order valence-corrected chi connectivity index (χ3v) is 3.99. The Bertz CT molecular complexity index is 511. The maximum atomic E-state index is 12.6. The van der Waals surface area contributed by atoms with Crippen molar-refractivity contribution in [1.82, 2.24) is 4.90 Å². The van der Waals surface area contributed by atoms with Crippen LogP contribution in [0.15, 0.2) is 24.3 Å².